The first-order valence-electron chi connectivity index (χ1n) is 28.5. The van der Waals surface area contributed by atoms with Crippen LogP contribution in [0.15, 0.2) is 146 Å². The van der Waals surface area contributed by atoms with Crippen molar-refractivity contribution < 1.29 is 42.1 Å². The first-order valence-corrected chi connectivity index (χ1v) is 30.0. The molecule has 0 aliphatic carbocycles. The van der Waals surface area contributed by atoms with Gasteiger partial charge in [-0.15, -0.1) is 0 Å². The van der Waals surface area contributed by atoms with Crippen molar-refractivity contribution in [3.8, 4) is 0 Å². The van der Waals surface area contributed by atoms with Gasteiger partial charge in [-0.1, -0.05) is 211 Å². The molecule has 0 spiro atoms. The van der Waals surface area contributed by atoms with Crippen molar-refractivity contribution in [1.82, 2.24) is 0 Å². The van der Waals surface area contributed by atoms with Crippen molar-refractivity contribution in [3.63, 3.8) is 0 Å². The maximum absolute atomic E-state index is 12.8. The quantitative estimate of drug-likeness (QED) is 0.0195. The van der Waals surface area contributed by atoms with Gasteiger partial charge < -0.3 is 27.9 Å². The number of quaternary nitrogens is 1. The zero-order valence-corrected chi connectivity index (χ0v) is 48.1. The number of ether oxygens (including phenoxy) is 2. The molecule has 2 atom stereocenters. The lowest BCUT2D eigenvalue weighted by Crippen LogP contribution is -2.37. The third-order valence-corrected chi connectivity index (χ3v) is 12.3. The molecule has 0 bridgehead atoms. The highest BCUT2D eigenvalue weighted by atomic mass is 31.2. The van der Waals surface area contributed by atoms with E-state index in [4.69, 9.17) is 18.5 Å². The number of hydrogen-bond acceptors (Lipinski definition) is 8. The van der Waals surface area contributed by atoms with Crippen LogP contribution in [0.4, 0.5) is 0 Å². The minimum atomic E-state index is -4.66. The summed E-state index contributed by atoms with van der Waals surface area (Å²) in [6.45, 7) is 3.95. The number of esters is 2. The zero-order chi connectivity index (χ0) is 54.2. The number of allylic oxidation sites excluding steroid dienone is 24. The molecule has 0 aromatic rings. The monoisotopic (exact) mass is 1050 g/mol. The Balaban J connectivity index is 4.31. The van der Waals surface area contributed by atoms with E-state index in [2.05, 4.69) is 160 Å². The molecule has 0 aromatic carbocycles. The highest BCUT2D eigenvalue weighted by molar-refractivity contribution is 7.45. The summed E-state index contributed by atoms with van der Waals surface area (Å²) in [5, 5.41) is 0. The molecular formula is C64H104NO8P. The molecule has 0 saturated heterocycles. The molecule has 418 valence electrons. The van der Waals surface area contributed by atoms with E-state index in [-0.39, 0.29) is 26.1 Å². The number of phosphoric ester groups is 1. The lowest BCUT2D eigenvalue weighted by Gasteiger charge is -2.28. The summed E-state index contributed by atoms with van der Waals surface area (Å²) in [5.41, 5.74) is 0. The highest BCUT2D eigenvalue weighted by Crippen LogP contribution is 2.38. The van der Waals surface area contributed by atoms with E-state index in [1.165, 1.54) is 25.7 Å². The largest absolute Gasteiger partial charge is 0.756 e. The fraction of sp³-hybridized carbons (Fsp3) is 0.594. The van der Waals surface area contributed by atoms with E-state index >= 15 is 0 Å². The Labute approximate surface area is 453 Å². The summed E-state index contributed by atoms with van der Waals surface area (Å²) in [6.07, 6.45) is 78.8. The van der Waals surface area contributed by atoms with Crippen LogP contribution < -0.4 is 4.89 Å². The normalized spacial score (nSPS) is 14.4. The Morgan fingerprint density at radius 1 is 0.419 bits per heavy atom. The molecular weight excluding hydrogens is 942 g/mol. The molecule has 0 rings (SSSR count). The molecule has 0 aromatic heterocycles. The predicted molar refractivity (Wildman–Crippen MR) is 314 cm³/mol. The molecule has 0 heterocycles. The van der Waals surface area contributed by atoms with Gasteiger partial charge in [0.2, 0.25) is 0 Å². The fourth-order valence-corrected chi connectivity index (χ4v) is 7.74. The maximum atomic E-state index is 12.8. The molecule has 0 saturated carbocycles. The number of likely N-dealkylation sites (N-methyl/N-ethyl adjacent to an activating group) is 1. The van der Waals surface area contributed by atoms with E-state index in [1.54, 1.807) is 0 Å². The minimum Gasteiger partial charge on any atom is -0.756 e. The van der Waals surface area contributed by atoms with Crippen LogP contribution in [-0.4, -0.2) is 70.0 Å². The van der Waals surface area contributed by atoms with Crippen LogP contribution in [0.25, 0.3) is 0 Å². The van der Waals surface area contributed by atoms with E-state index in [1.807, 2.05) is 21.1 Å². The average molecular weight is 1050 g/mol. The minimum absolute atomic E-state index is 0.0467. The molecule has 9 nitrogen and oxygen atoms in total. The van der Waals surface area contributed by atoms with Gasteiger partial charge in [-0.25, -0.2) is 0 Å². The van der Waals surface area contributed by atoms with Crippen LogP contribution in [0.1, 0.15) is 194 Å². The van der Waals surface area contributed by atoms with Crippen LogP contribution in [-0.2, 0) is 32.7 Å². The van der Waals surface area contributed by atoms with Gasteiger partial charge in [0.15, 0.2) is 6.10 Å². The molecule has 0 aliphatic heterocycles. The number of phosphoric acid groups is 1. The molecule has 10 heteroatoms. The van der Waals surface area contributed by atoms with Crippen LogP contribution in [0, 0.1) is 0 Å². The average Bonchev–Trinajstić information content (AvgIpc) is 3.36. The number of carbonyl (C=O) groups is 2. The van der Waals surface area contributed by atoms with Gasteiger partial charge in [-0.3, -0.25) is 14.2 Å². The molecule has 74 heavy (non-hydrogen) atoms. The van der Waals surface area contributed by atoms with Crippen LogP contribution in [0.5, 0.6) is 0 Å². The Morgan fingerprint density at radius 3 is 1.08 bits per heavy atom. The SMILES string of the molecule is CC/C=C\C/C=C\C/C=C\C/C=C\C/C=C\C/C=C\C/C=C\C/C=C\CCCCCCC(=O)OC(COC(=O)CCCCCCCCCC/C=C\C/C=C\C/C=C\C/C=C\CC)COP(=O)([O-])OCC[N+](C)(C)C. The van der Waals surface area contributed by atoms with E-state index in [0.29, 0.717) is 23.9 Å². The Kier molecular flexibility index (Phi) is 50.7. The number of rotatable bonds is 50. The van der Waals surface area contributed by atoms with Gasteiger partial charge in [0.1, 0.15) is 19.8 Å². The van der Waals surface area contributed by atoms with Crippen molar-refractivity contribution >= 4 is 19.8 Å². The third-order valence-electron chi connectivity index (χ3n) is 11.4. The van der Waals surface area contributed by atoms with Crippen molar-refractivity contribution in [1.29, 1.82) is 0 Å². The second-order valence-electron chi connectivity index (χ2n) is 19.5. The Hall–Kier alpha value is -4.11. The summed E-state index contributed by atoms with van der Waals surface area (Å²) in [5.74, 6) is -0.885. The Bertz CT molecular complexity index is 1760. The molecule has 0 aliphatic rings. The van der Waals surface area contributed by atoms with Crippen molar-refractivity contribution in [2.45, 2.75) is 200 Å². The standard InChI is InChI=1S/C64H104NO8P/c1-6-8-10-12-14-16-18-20-22-24-26-28-29-30-31-32-33-34-35-37-39-41-43-45-47-49-51-53-55-57-64(67)73-62(61-72-74(68,69)71-59-58-65(3,4)5)60-70-63(66)56-54-52-50-48-46-44-42-40-38-36-27-25-23-21-19-17-15-13-11-9-7-2/h8-11,14-17,20-23,26-28,30-31,33-34,36-37,39,43,45,62H,6-7,12-13,18-19,24-25,29,32,35,38,40-42,44,46-61H2,1-5H3/b10-8-,11-9-,16-14-,17-15-,22-20-,23-21-,28-26-,31-30-,34-33-,36-27-,39-37-,45-43-. The van der Waals surface area contributed by atoms with Crippen LogP contribution in [0.2, 0.25) is 0 Å². The summed E-state index contributed by atoms with van der Waals surface area (Å²) >= 11 is 0. The highest BCUT2D eigenvalue weighted by Gasteiger charge is 2.21. The van der Waals surface area contributed by atoms with Crippen molar-refractivity contribution in [3.05, 3.63) is 146 Å². The second-order valence-corrected chi connectivity index (χ2v) is 20.9. The van der Waals surface area contributed by atoms with E-state index in [0.717, 1.165) is 128 Å². The predicted octanol–water partition coefficient (Wildman–Crippen LogP) is 17.3. The summed E-state index contributed by atoms with van der Waals surface area (Å²) < 4.78 is 34.1. The fourth-order valence-electron chi connectivity index (χ4n) is 7.01. The molecule has 0 radical (unpaired) electrons. The smallest absolute Gasteiger partial charge is 0.306 e. The summed E-state index contributed by atoms with van der Waals surface area (Å²) in [6, 6.07) is 0. The summed E-state index contributed by atoms with van der Waals surface area (Å²) in [4.78, 5) is 37.9. The number of hydrogen-bond donors (Lipinski definition) is 0. The van der Waals surface area contributed by atoms with Gasteiger partial charge in [0.25, 0.3) is 7.82 Å². The van der Waals surface area contributed by atoms with E-state index < -0.39 is 32.5 Å². The van der Waals surface area contributed by atoms with Gasteiger partial charge >= 0.3 is 11.9 Å². The van der Waals surface area contributed by atoms with Crippen LogP contribution >= 0.6 is 7.82 Å². The first-order chi connectivity index (χ1) is 36.0. The number of unbranched alkanes of at least 4 members (excludes halogenated alkanes) is 12. The summed E-state index contributed by atoms with van der Waals surface area (Å²) in [7, 11) is 1.12. The maximum Gasteiger partial charge on any atom is 0.306 e. The zero-order valence-electron chi connectivity index (χ0n) is 47.2. The van der Waals surface area contributed by atoms with Gasteiger partial charge in [0.05, 0.1) is 27.7 Å². The van der Waals surface area contributed by atoms with Gasteiger partial charge in [-0.05, 0) is 116 Å². The number of carbonyl (C=O) groups excluding carboxylic acids is 2. The van der Waals surface area contributed by atoms with Crippen LogP contribution in [0.3, 0.4) is 0 Å². The third kappa shape index (κ3) is 57.2. The molecule has 0 amide bonds. The molecule has 0 fully saturated rings. The number of nitrogens with zero attached hydrogens (tertiary/aromatic N) is 1. The van der Waals surface area contributed by atoms with Crippen molar-refractivity contribution in [2.24, 2.45) is 0 Å². The lowest BCUT2D eigenvalue weighted by molar-refractivity contribution is -0.870. The topological polar surface area (TPSA) is 111 Å². The van der Waals surface area contributed by atoms with E-state index in [9.17, 15) is 19.0 Å². The molecule has 2 unspecified atom stereocenters. The first kappa shape index (κ1) is 69.9. The van der Waals surface area contributed by atoms with Gasteiger partial charge in [-0.2, -0.15) is 0 Å². The second kappa shape index (κ2) is 53.7. The van der Waals surface area contributed by atoms with Gasteiger partial charge in [0, 0.05) is 12.8 Å². The Morgan fingerprint density at radius 2 is 0.730 bits per heavy atom. The van der Waals surface area contributed by atoms with Crippen molar-refractivity contribution in [2.75, 3.05) is 47.5 Å². The lowest BCUT2D eigenvalue weighted by atomic mass is 10.1. The molecule has 0 N–H and O–H groups in total.